The lowest BCUT2D eigenvalue weighted by atomic mass is 9.86. The number of nitrogens with zero attached hydrogens (tertiary/aromatic N) is 3. The number of ether oxygens (including phenoxy) is 1. The van der Waals surface area contributed by atoms with Crippen molar-refractivity contribution in [3.05, 3.63) is 0 Å². The van der Waals surface area contributed by atoms with Crippen LogP contribution < -0.4 is 22.5 Å². The third-order valence-electron chi connectivity index (χ3n) is 4.38. The van der Waals surface area contributed by atoms with E-state index < -0.39 is 59.3 Å². The summed E-state index contributed by atoms with van der Waals surface area (Å²) in [4.78, 5) is 20.0. The highest BCUT2D eigenvalue weighted by molar-refractivity contribution is 7.80. The number of nitrogens with two attached hydrogens (primary N) is 3. The summed E-state index contributed by atoms with van der Waals surface area (Å²) in [5.74, 6) is -3.44. The molecule has 1 fully saturated rings. The molecule has 0 saturated carbocycles. The SMILES string of the molecule is NC(=O)OC[C@@H]1N=C(N)N2C[C@@H](OS(=O)(=O)O)C(O)(O)[C@@]23NC(N)=N[C@@H]13. The molecule has 26 heavy (non-hydrogen) atoms. The van der Waals surface area contributed by atoms with Crippen molar-refractivity contribution in [2.45, 2.75) is 29.6 Å². The highest BCUT2D eigenvalue weighted by atomic mass is 32.3. The van der Waals surface area contributed by atoms with Crippen molar-refractivity contribution in [3.63, 3.8) is 0 Å². The Morgan fingerprint density at radius 3 is 2.62 bits per heavy atom. The van der Waals surface area contributed by atoms with E-state index in [1.54, 1.807) is 0 Å². The minimum Gasteiger partial charge on any atom is -0.447 e. The van der Waals surface area contributed by atoms with Crippen LogP contribution in [0.1, 0.15) is 0 Å². The predicted molar refractivity (Wildman–Crippen MR) is 82.5 cm³/mol. The largest absolute Gasteiger partial charge is 0.447 e. The molecule has 0 bridgehead atoms. The van der Waals surface area contributed by atoms with Crippen LogP contribution in [0.4, 0.5) is 4.79 Å². The third-order valence-corrected chi connectivity index (χ3v) is 4.86. The Labute approximate surface area is 146 Å². The van der Waals surface area contributed by atoms with Gasteiger partial charge in [0.1, 0.15) is 18.7 Å². The third kappa shape index (κ3) is 2.58. The number of hydrogen-bond acceptors (Lipinski definition) is 13. The number of carbonyl (C=O) groups excluding carboxylic acids is 1. The molecule has 0 unspecified atom stereocenters. The number of aliphatic hydroxyl groups is 2. The molecule has 1 spiro atoms. The summed E-state index contributed by atoms with van der Waals surface area (Å²) in [6.07, 6.45) is -2.96. The van der Waals surface area contributed by atoms with Crippen LogP contribution >= 0.6 is 0 Å². The van der Waals surface area contributed by atoms with Gasteiger partial charge >= 0.3 is 16.5 Å². The second-order valence-electron chi connectivity index (χ2n) is 5.88. The van der Waals surface area contributed by atoms with Crippen LogP contribution in [0.5, 0.6) is 0 Å². The molecule has 146 valence electrons. The molecule has 16 heteroatoms. The predicted octanol–water partition coefficient (Wildman–Crippen LogP) is -5.05. The number of guanidine groups is 2. The van der Waals surface area contributed by atoms with Crippen molar-refractivity contribution >= 4 is 28.4 Å². The summed E-state index contributed by atoms with van der Waals surface area (Å²) in [6, 6.07) is -2.19. The van der Waals surface area contributed by atoms with Crippen molar-refractivity contribution in [1.29, 1.82) is 0 Å². The maximum Gasteiger partial charge on any atom is 0.404 e. The van der Waals surface area contributed by atoms with Crippen molar-refractivity contribution in [3.8, 4) is 0 Å². The van der Waals surface area contributed by atoms with Crippen LogP contribution in [0, 0.1) is 0 Å². The minimum absolute atomic E-state index is 0.228. The molecule has 1 amide bonds. The lowest BCUT2D eigenvalue weighted by molar-refractivity contribution is -0.252. The Morgan fingerprint density at radius 2 is 2.04 bits per heavy atom. The Hall–Kier alpha value is -2.40. The number of nitrogens with one attached hydrogen (secondary N) is 1. The van der Waals surface area contributed by atoms with Gasteiger partial charge in [0, 0.05) is 0 Å². The van der Waals surface area contributed by atoms with Gasteiger partial charge in [-0.3, -0.25) is 4.55 Å². The molecule has 10 N–H and O–H groups in total. The summed E-state index contributed by atoms with van der Waals surface area (Å²) in [7, 11) is -5.03. The Kier molecular flexibility index (Phi) is 3.92. The molecule has 0 radical (unpaired) electrons. The zero-order valence-electron chi connectivity index (χ0n) is 13.0. The highest BCUT2D eigenvalue weighted by Crippen LogP contribution is 2.45. The fraction of sp³-hybridized carbons (Fsp3) is 0.700. The van der Waals surface area contributed by atoms with Gasteiger partial charge in [-0.25, -0.2) is 19.0 Å². The molecule has 3 aliphatic heterocycles. The normalized spacial score (nSPS) is 35.0. The van der Waals surface area contributed by atoms with E-state index in [4.69, 9.17) is 21.8 Å². The lowest BCUT2D eigenvalue weighted by Crippen LogP contribution is -2.77. The van der Waals surface area contributed by atoms with Crippen LogP contribution in [0.15, 0.2) is 9.98 Å². The summed E-state index contributed by atoms with van der Waals surface area (Å²) >= 11 is 0. The van der Waals surface area contributed by atoms with Gasteiger partial charge in [-0.2, -0.15) is 8.42 Å². The molecule has 3 heterocycles. The maximum atomic E-state index is 11.0. The topological polar surface area (TPSA) is 248 Å². The number of amides is 1. The van der Waals surface area contributed by atoms with Gasteiger partial charge in [-0.1, -0.05) is 0 Å². The van der Waals surface area contributed by atoms with E-state index >= 15 is 0 Å². The average molecular weight is 395 g/mol. The van der Waals surface area contributed by atoms with Crippen molar-refractivity contribution in [2.75, 3.05) is 13.2 Å². The van der Waals surface area contributed by atoms with Gasteiger partial charge in [0.15, 0.2) is 23.7 Å². The number of rotatable bonds is 4. The highest BCUT2D eigenvalue weighted by Gasteiger charge is 2.74. The molecular weight excluding hydrogens is 378 g/mol. The van der Waals surface area contributed by atoms with Gasteiger partial charge in [0.2, 0.25) is 5.79 Å². The minimum atomic E-state index is -5.03. The van der Waals surface area contributed by atoms with E-state index in [1.165, 1.54) is 0 Å². The summed E-state index contributed by atoms with van der Waals surface area (Å²) in [6.45, 7) is -0.896. The molecule has 0 aliphatic carbocycles. The first-order chi connectivity index (χ1) is 11.9. The van der Waals surface area contributed by atoms with Gasteiger partial charge in [0.05, 0.1) is 6.54 Å². The van der Waals surface area contributed by atoms with Crippen LogP contribution in [0.25, 0.3) is 0 Å². The van der Waals surface area contributed by atoms with Crippen LogP contribution in [-0.2, 0) is 19.3 Å². The summed E-state index contributed by atoms with van der Waals surface area (Å²) in [5, 5.41) is 23.9. The Morgan fingerprint density at radius 1 is 1.38 bits per heavy atom. The van der Waals surface area contributed by atoms with E-state index in [1.807, 2.05) is 0 Å². The second-order valence-corrected chi connectivity index (χ2v) is 6.93. The molecule has 0 aromatic rings. The maximum absolute atomic E-state index is 11.0. The Bertz CT molecular complexity index is 797. The van der Waals surface area contributed by atoms with Gasteiger partial charge in [0.25, 0.3) is 0 Å². The molecule has 0 aromatic carbocycles. The summed E-state index contributed by atoms with van der Waals surface area (Å²) in [5.41, 5.74) is 14.4. The zero-order valence-corrected chi connectivity index (χ0v) is 13.8. The monoisotopic (exact) mass is 395 g/mol. The molecule has 15 nitrogen and oxygen atoms in total. The van der Waals surface area contributed by atoms with E-state index in [9.17, 15) is 23.4 Å². The van der Waals surface area contributed by atoms with E-state index in [0.29, 0.717) is 0 Å². The van der Waals surface area contributed by atoms with Crippen LogP contribution in [0.3, 0.4) is 0 Å². The standard InChI is InChI=1S/C10H17N7O8S/c11-6-15-5-3(2-24-8(13)18)14-7(12)17-1-4(25-26(21,22)23)10(19,20)9(5,17)16-6/h3-5,19-20H,1-2H2,(H2,12,14)(H2,13,18)(H3,11,15,16)(H,21,22,23)/t3-,4+,5-,9-/m0/s1. The zero-order chi connectivity index (χ0) is 19.5. The van der Waals surface area contributed by atoms with E-state index in [-0.39, 0.29) is 11.9 Å². The first-order valence-electron chi connectivity index (χ1n) is 7.13. The van der Waals surface area contributed by atoms with Crippen LogP contribution in [-0.4, -0.2) is 88.9 Å². The second kappa shape index (κ2) is 5.55. The van der Waals surface area contributed by atoms with E-state index in [0.717, 1.165) is 4.90 Å². The molecule has 4 atom stereocenters. The number of aliphatic imine (C=N–C) groups is 2. The number of hydrogen-bond donors (Lipinski definition) is 7. The fourth-order valence-electron chi connectivity index (χ4n) is 3.45. The average Bonchev–Trinajstić information content (AvgIpc) is 2.93. The number of carbonyl (C=O) groups is 1. The molecule has 1 saturated heterocycles. The van der Waals surface area contributed by atoms with Gasteiger partial charge in [-0.05, 0) is 0 Å². The first-order valence-corrected chi connectivity index (χ1v) is 8.50. The molecule has 3 aliphatic rings. The molecule has 3 rings (SSSR count). The number of primary amides is 1. The van der Waals surface area contributed by atoms with Crippen molar-refractivity contribution < 1.29 is 36.9 Å². The summed E-state index contributed by atoms with van der Waals surface area (Å²) < 4.78 is 40.0. The Balaban J connectivity index is 2.04. The molecular formula is C10H17N7O8S. The van der Waals surface area contributed by atoms with E-state index in [2.05, 4.69) is 24.2 Å². The van der Waals surface area contributed by atoms with Gasteiger partial charge < -0.3 is 42.4 Å². The van der Waals surface area contributed by atoms with Crippen LogP contribution in [0.2, 0.25) is 0 Å². The van der Waals surface area contributed by atoms with Gasteiger partial charge in [-0.15, -0.1) is 0 Å². The lowest BCUT2D eigenvalue weighted by Gasteiger charge is -2.48. The smallest absolute Gasteiger partial charge is 0.404 e. The quantitative estimate of drug-likeness (QED) is 0.174. The van der Waals surface area contributed by atoms with Crippen molar-refractivity contribution in [1.82, 2.24) is 10.2 Å². The fourth-order valence-corrected chi connectivity index (χ4v) is 3.94. The van der Waals surface area contributed by atoms with Crippen molar-refractivity contribution in [2.24, 2.45) is 27.2 Å². The first kappa shape index (κ1) is 18.4. The molecule has 0 aromatic heterocycles.